The number of hydrazine groups is 1. The van der Waals surface area contributed by atoms with Gasteiger partial charge in [-0.25, -0.2) is 4.79 Å². The van der Waals surface area contributed by atoms with Gasteiger partial charge in [0.15, 0.2) is 11.7 Å². The molecule has 2 aromatic rings. The van der Waals surface area contributed by atoms with Gasteiger partial charge < -0.3 is 14.2 Å². The molecule has 0 aliphatic heterocycles. The Labute approximate surface area is 190 Å². The van der Waals surface area contributed by atoms with E-state index in [-0.39, 0.29) is 18.3 Å². The van der Waals surface area contributed by atoms with Crippen LogP contribution in [-0.2, 0) is 14.3 Å². The first-order chi connectivity index (χ1) is 15.4. The Bertz CT molecular complexity index is 991. The summed E-state index contributed by atoms with van der Waals surface area (Å²) >= 11 is 4.96. The number of thiocarbonyl (C=S) groups is 1. The minimum Gasteiger partial charge on any atom is -0.496 e. The second kappa shape index (κ2) is 12.7. The number of hydrogen-bond donors (Lipinski definition) is 3. The normalized spacial score (nSPS) is 10.2. The Kier molecular flexibility index (Phi) is 9.67. The lowest BCUT2D eigenvalue weighted by molar-refractivity contribution is -0.123. The zero-order valence-corrected chi connectivity index (χ0v) is 18.4. The summed E-state index contributed by atoms with van der Waals surface area (Å²) in [5, 5.41) is 2.31. The number of esters is 1. The summed E-state index contributed by atoms with van der Waals surface area (Å²) in [4.78, 5) is 35.4. The highest BCUT2D eigenvalue weighted by Crippen LogP contribution is 2.18. The molecule has 0 spiro atoms. The number of carbonyl (C=O) groups excluding carboxylic acids is 3. The SMILES string of the molecule is CCOC(=O)c1ccc(OCC(=O)NNC(=S)NC(=O)C=Cc2ccccc2OC)cc1. The number of amides is 2. The van der Waals surface area contributed by atoms with Gasteiger partial charge in [-0.3, -0.25) is 25.8 Å². The third kappa shape index (κ3) is 8.07. The van der Waals surface area contributed by atoms with E-state index in [1.165, 1.54) is 25.3 Å². The van der Waals surface area contributed by atoms with E-state index in [4.69, 9.17) is 26.4 Å². The van der Waals surface area contributed by atoms with Gasteiger partial charge in [0.2, 0.25) is 5.91 Å². The third-order valence-corrected chi connectivity index (χ3v) is 4.04. The summed E-state index contributed by atoms with van der Waals surface area (Å²) in [5.74, 6) is -0.430. The van der Waals surface area contributed by atoms with Crippen molar-refractivity contribution in [1.82, 2.24) is 16.2 Å². The molecule has 0 saturated carbocycles. The van der Waals surface area contributed by atoms with Crippen LogP contribution in [0.5, 0.6) is 11.5 Å². The minimum absolute atomic E-state index is 0.0909. The molecular weight excluding hydrogens is 434 g/mol. The Morgan fingerprint density at radius 2 is 1.75 bits per heavy atom. The summed E-state index contributed by atoms with van der Waals surface area (Å²) in [5.41, 5.74) is 5.82. The van der Waals surface area contributed by atoms with Crippen molar-refractivity contribution in [3.8, 4) is 11.5 Å². The second-order valence-electron chi connectivity index (χ2n) is 6.10. The van der Waals surface area contributed by atoms with Crippen molar-refractivity contribution in [2.75, 3.05) is 20.3 Å². The molecule has 2 aromatic carbocycles. The minimum atomic E-state index is -0.527. The monoisotopic (exact) mass is 457 g/mol. The largest absolute Gasteiger partial charge is 0.496 e. The molecule has 32 heavy (non-hydrogen) atoms. The summed E-state index contributed by atoms with van der Waals surface area (Å²) in [6.07, 6.45) is 2.87. The predicted molar refractivity (Wildman–Crippen MR) is 122 cm³/mol. The van der Waals surface area contributed by atoms with Gasteiger partial charge in [0.1, 0.15) is 11.5 Å². The van der Waals surface area contributed by atoms with Gasteiger partial charge in [0.25, 0.3) is 5.91 Å². The van der Waals surface area contributed by atoms with Crippen molar-refractivity contribution >= 4 is 41.2 Å². The maximum absolute atomic E-state index is 12.0. The lowest BCUT2D eigenvalue weighted by atomic mass is 10.2. The van der Waals surface area contributed by atoms with Crippen LogP contribution in [-0.4, -0.2) is 43.2 Å². The van der Waals surface area contributed by atoms with Gasteiger partial charge in [0, 0.05) is 11.6 Å². The summed E-state index contributed by atoms with van der Waals surface area (Å²) in [6, 6.07) is 13.4. The average molecular weight is 458 g/mol. The predicted octanol–water partition coefficient (Wildman–Crippen LogP) is 1.99. The number of nitrogens with one attached hydrogen (secondary N) is 3. The molecule has 0 radical (unpaired) electrons. The third-order valence-electron chi connectivity index (χ3n) is 3.84. The molecule has 9 nitrogen and oxygen atoms in total. The quantitative estimate of drug-likeness (QED) is 0.239. The summed E-state index contributed by atoms with van der Waals surface area (Å²) in [6.45, 7) is 1.69. The molecule has 2 rings (SSSR count). The van der Waals surface area contributed by atoms with Crippen molar-refractivity contribution in [2.45, 2.75) is 6.92 Å². The van der Waals surface area contributed by atoms with Crippen LogP contribution < -0.4 is 25.6 Å². The van der Waals surface area contributed by atoms with Crippen LogP contribution in [0.1, 0.15) is 22.8 Å². The molecule has 2 amide bonds. The fraction of sp³-hybridized carbons (Fsp3) is 0.182. The highest BCUT2D eigenvalue weighted by atomic mass is 32.1. The first-order valence-corrected chi connectivity index (χ1v) is 9.94. The van der Waals surface area contributed by atoms with E-state index in [1.54, 1.807) is 37.3 Å². The Balaban J connectivity index is 1.72. The summed E-state index contributed by atoms with van der Waals surface area (Å²) < 4.78 is 15.4. The van der Waals surface area contributed by atoms with Crippen LogP contribution in [0.2, 0.25) is 0 Å². The molecule has 168 valence electrons. The number of carbonyl (C=O) groups is 3. The molecule has 0 aromatic heterocycles. The number of hydrogen-bond acceptors (Lipinski definition) is 7. The van der Waals surface area contributed by atoms with Gasteiger partial charge in [-0.05, 0) is 55.5 Å². The fourth-order valence-electron chi connectivity index (χ4n) is 2.37. The molecule has 0 bridgehead atoms. The average Bonchev–Trinajstić information content (AvgIpc) is 2.80. The molecule has 0 aliphatic carbocycles. The lowest BCUT2D eigenvalue weighted by Gasteiger charge is -2.11. The number of benzene rings is 2. The molecule has 3 N–H and O–H groups in total. The van der Waals surface area contributed by atoms with E-state index < -0.39 is 17.8 Å². The van der Waals surface area contributed by atoms with Crippen LogP contribution in [0, 0.1) is 0 Å². The standard InChI is InChI=1S/C22H23N3O6S/c1-3-30-21(28)16-8-11-17(12-9-16)31-14-20(27)24-25-22(32)23-19(26)13-10-15-6-4-5-7-18(15)29-2/h4-13H,3,14H2,1-2H3,(H,24,27)(H2,23,25,26,32). The van der Waals surface area contributed by atoms with Crippen molar-refractivity contribution in [3.05, 3.63) is 65.7 Å². The van der Waals surface area contributed by atoms with Gasteiger partial charge in [-0.2, -0.15) is 0 Å². The lowest BCUT2D eigenvalue weighted by Crippen LogP contribution is -2.49. The first-order valence-electron chi connectivity index (χ1n) is 9.53. The van der Waals surface area contributed by atoms with Crippen molar-refractivity contribution in [3.63, 3.8) is 0 Å². The van der Waals surface area contributed by atoms with Crippen molar-refractivity contribution < 1.29 is 28.6 Å². The van der Waals surface area contributed by atoms with Crippen LogP contribution in [0.3, 0.4) is 0 Å². The molecule has 0 heterocycles. The van der Waals surface area contributed by atoms with E-state index in [2.05, 4.69) is 16.2 Å². The summed E-state index contributed by atoms with van der Waals surface area (Å²) in [7, 11) is 1.54. The van der Waals surface area contributed by atoms with Gasteiger partial charge in [-0.1, -0.05) is 18.2 Å². The van der Waals surface area contributed by atoms with Gasteiger partial charge in [-0.15, -0.1) is 0 Å². The second-order valence-corrected chi connectivity index (χ2v) is 6.51. The first kappa shape index (κ1) is 24.4. The highest BCUT2D eigenvalue weighted by Gasteiger charge is 2.08. The van der Waals surface area contributed by atoms with Crippen LogP contribution in [0.25, 0.3) is 6.08 Å². The van der Waals surface area contributed by atoms with Crippen LogP contribution >= 0.6 is 12.2 Å². The smallest absolute Gasteiger partial charge is 0.338 e. The maximum Gasteiger partial charge on any atom is 0.338 e. The molecule has 0 unspecified atom stereocenters. The number of rotatable bonds is 8. The molecule has 0 fully saturated rings. The topological polar surface area (TPSA) is 115 Å². The van der Waals surface area contributed by atoms with Crippen molar-refractivity contribution in [1.29, 1.82) is 0 Å². The van der Waals surface area contributed by atoms with E-state index in [0.29, 0.717) is 17.1 Å². The fourth-order valence-corrected chi connectivity index (χ4v) is 2.52. The van der Waals surface area contributed by atoms with Crippen LogP contribution in [0.15, 0.2) is 54.6 Å². The van der Waals surface area contributed by atoms with E-state index >= 15 is 0 Å². The van der Waals surface area contributed by atoms with E-state index in [9.17, 15) is 14.4 Å². The zero-order chi connectivity index (χ0) is 23.3. The molecule has 0 atom stereocenters. The molecule has 0 aliphatic rings. The van der Waals surface area contributed by atoms with Crippen LogP contribution in [0.4, 0.5) is 0 Å². The highest BCUT2D eigenvalue weighted by molar-refractivity contribution is 7.80. The number of methoxy groups -OCH3 is 1. The van der Waals surface area contributed by atoms with E-state index in [0.717, 1.165) is 5.56 Å². The van der Waals surface area contributed by atoms with Crippen molar-refractivity contribution in [2.24, 2.45) is 0 Å². The van der Waals surface area contributed by atoms with E-state index in [1.807, 2.05) is 12.1 Å². The Morgan fingerprint density at radius 1 is 1.03 bits per heavy atom. The number of ether oxygens (including phenoxy) is 3. The molecule has 10 heteroatoms. The maximum atomic E-state index is 12.0. The van der Waals surface area contributed by atoms with Gasteiger partial charge in [0.05, 0.1) is 19.3 Å². The Morgan fingerprint density at radius 3 is 2.44 bits per heavy atom. The molecule has 0 saturated heterocycles. The number of para-hydroxylation sites is 1. The molecular formula is C22H23N3O6S. The Hall–Kier alpha value is -3.92. The van der Waals surface area contributed by atoms with Gasteiger partial charge >= 0.3 is 5.97 Å². The zero-order valence-electron chi connectivity index (χ0n) is 17.5.